The highest BCUT2D eigenvalue weighted by atomic mass is 32.2. The molecular weight excluding hydrogens is 552 g/mol. The lowest BCUT2D eigenvalue weighted by Gasteiger charge is -2.30. The minimum atomic E-state index is -3.89. The predicted molar refractivity (Wildman–Crippen MR) is 163 cm³/mol. The Morgan fingerprint density at radius 3 is 2.33 bits per heavy atom. The van der Waals surface area contributed by atoms with E-state index in [1.54, 1.807) is 36.1 Å². The number of hydrogen-bond donors (Lipinski definition) is 2. The van der Waals surface area contributed by atoms with E-state index in [1.165, 1.54) is 23.5 Å². The molecule has 1 aliphatic carbocycles. The molecule has 4 rings (SSSR count). The second-order valence-corrected chi connectivity index (χ2v) is 13.1. The molecule has 0 radical (unpaired) electrons. The molecule has 3 aromatic rings. The number of aliphatic hydroxyl groups excluding tert-OH is 1. The highest BCUT2D eigenvalue weighted by Crippen LogP contribution is 2.29. The number of phenols is 1. The maximum Gasteiger partial charge on any atom is 0.243 e. The number of ether oxygens (including phenoxy) is 1. The largest absolute Gasteiger partial charge is 0.508 e. The van der Waals surface area contributed by atoms with Crippen molar-refractivity contribution < 1.29 is 28.2 Å². The minimum absolute atomic E-state index is 0.0111. The molecule has 226 valence electrons. The van der Waals surface area contributed by atoms with Crippen LogP contribution >= 0.6 is 0 Å². The van der Waals surface area contributed by atoms with E-state index in [4.69, 9.17) is 4.74 Å². The SMILES string of the molecule is COc1ccc(S(=O)(=O)N(CC2CCCC2)C[C@@H](O)CN(CCc2ccccc2)C(=O)Cc2cccc(O)c2C)cc1. The second-order valence-electron chi connectivity index (χ2n) is 11.1. The topological polar surface area (TPSA) is 107 Å². The maximum atomic E-state index is 13.8. The quantitative estimate of drug-likeness (QED) is 0.283. The van der Waals surface area contributed by atoms with E-state index in [0.29, 0.717) is 36.4 Å². The summed E-state index contributed by atoms with van der Waals surface area (Å²) in [4.78, 5) is 15.3. The maximum absolute atomic E-state index is 13.8. The van der Waals surface area contributed by atoms with Crippen LogP contribution in [0.4, 0.5) is 0 Å². The van der Waals surface area contributed by atoms with Crippen LogP contribution in [0.5, 0.6) is 11.5 Å². The number of carbonyl (C=O) groups is 1. The summed E-state index contributed by atoms with van der Waals surface area (Å²) < 4.78 is 34.1. The number of benzene rings is 3. The molecule has 1 fully saturated rings. The van der Waals surface area contributed by atoms with E-state index in [2.05, 4.69) is 0 Å². The van der Waals surface area contributed by atoms with Crippen LogP contribution in [0.3, 0.4) is 0 Å². The molecule has 8 nitrogen and oxygen atoms in total. The fourth-order valence-corrected chi connectivity index (χ4v) is 7.11. The van der Waals surface area contributed by atoms with Crippen molar-refractivity contribution in [2.24, 2.45) is 5.92 Å². The smallest absolute Gasteiger partial charge is 0.243 e. The molecule has 42 heavy (non-hydrogen) atoms. The van der Waals surface area contributed by atoms with Gasteiger partial charge in [0.25, 0.3) is 0 Å². The van der Waals surface area contributed by atoms with E-state index in [1.807, 2.05) is 36.4 Å². The minimum Gasteiger partial charge on any atom is -0.508 e. The summed E-state index contributed by atoms with van der Waals surface area (Å²) in [6, 6.07) is 21.2. The monoisotopic (exact) mass is 594 g/mol. The van der Waals surface area contributed by atoms with Gasteiger partial charge in [-0.3, -0.25) is 4.79 Å². The summed E-state index contributed by atoms with van der Waals surface area (Å²) in [5.74, 6) is 0.724. The molecule has 0 aromatic heterocycles. The van der Waals surface area contributed by atoms with Crippen LogP contribution in [0.25, 0.3) is 0 Å². The molecule has 1 amide bonds. The van der Waals surface area contributed by atoms with E-state index in [-0.39, 0.29) is 42.0 Å². The van der Waals surface area contributed by atoms with Crippen molar-refractivity contribution in [3.05, 3.63) is 89.5 Å². The number of methoxy groups -OCH3 is 1. The molecule has 0 spiro atoms. The first-order valence-corrected chi connectivity index (χ1v) is 16.0. The Kier molecular flexibility index (Phi) is 11.0. The van der Waals surface area contributed by atoms with Gasteiger partial charge in [-0.1, -0.05) is 55.3 Å². The number of sulfonamides is 1. The van der Waals surface area contributed by atoms with Crippen molar-refractivity contribution in [3.63, 3.8) is 0 Å². The van der Waals surface area contributed by atoms with E-state index in [0.717, 1.165) is 31.2 Å². The van der Waals surface area contributed by atoms with Crippen molar-refractivity contribution in [2.45, 2.75) is 56.4 Å². The molecule has 0 heterocycles. The average molecular weight is 595 g/mol. The number of phenolic OH excluding ortho intramolecular Hbond substituents is 1. The summed E-state index contributed by atoms with van der Waals surface area (Å²) in [5, 5.41) is 21.4. The van der Waals surface area contributed by atoms with Crippen molar-refractivity contribution in [2.75, 3.05) is 33.3 Å². The van der Waals surface area contributed by atoms with Gasteiger partial charge >= 0.3 is 0 Å². The zero-order valence-electron chi connectivity index (χ0n) is 24.5. The highest BCUT2D eigenvalue weighted by Gasteiger charge is 2.31. The van der Waals surface area contributed by atoms with Gasteiger partial charge in [0, 0.05) is 26.2 Å². The van der Waals surface area contributed by atoms with Gasteiger partial charge in [-0.25, -0.2) is 8.42 Å². The van der Waals surface area contributed by atoms with Crippen LogP contribution in [-0.4, -0.2) is 73.1 Å². The standard InChI is InChI=1S/C33H42N2O6S/c1-25-28(13-8-14-32(25)37)21-33(38)34(20-19-26-9-4-3-5-10-26)23-29(36)24-35(22-27-11-6-7-12-27)42(39,40)31-17-15-30(41-2)16-18-31/h3-5,8-10,13-18,27,29,36-37H,6-7,11-12,19-24H2,1-2H3/t29-/m0/s1. The zero-order chi connectivity index (χ0) is 30.1. The van der Waals surface area contributed by atoms with Gasteiger partial charge in [-0.05, 0) is 79.1 Å². The zero-order valence-corrected chi connectivity index (χ0v) is 25.3. The Morgan fingerprint density at radius 2 is 1.67 bits per heavy atom. The molecule has 1 atom stereocenters. The van der Waals surface area contributed by atoms with Crippen LogP contribution in [0.15, 0.2) is 77.7 Å². The number of carbonyl (C=O) groups excluding carboxylic acids is 1. The molecular formula is C33H42N2O6S. The molecule has 3 aromatic carbocycles. The van der Waals surface area contributed by atoms with Crippen LogP contribution in [0.2, 0.25) is 0 Å². The first kappa shape index (κ1) is 31.5. The molecule has 0 aliphatic heterocycles. The predicted octanol–water partition coefficient (Wildman–Crippen LogP) is 4.57. The number of aliphatic hydroxyl groups is 1. The fourth-order valence-electron chi connectivity index (χ4n) is 5.56. The van der Waals surface area contributed by atoms with Crippen LogP contribution in [0.1, 0.15) is 42.4 Å². The Labute approximate surface area is 249 Å². The van der Waals surface area contributed by atoms with E-state index in [9.17, 15) is 23.4 Å². The molecule has 1 aliphatic rings. The van der Waals surface area contributed by atoms with Crippen molar-refractivity contribution in [1.29, 1.82) is 0 Å². The van der Waals surface area contributed by atoms with Gasteiger partial charge in [-0.2, -0.15) is 4.31 Å². The van der Waals surface area contributed by atoms with Gasteiger partial charge in [-0.15, -0.1) is 0 Å². The Morgan fingerprint density at radius 1 is 0.976 bits per heavy atom. The number of aromatic hydroxyl groups is 1. The highest BCUT2D eigenvalue weighted by molar-refractivity contribution is 7.89. The lowest BCUT2D eigenvalue weighted by Crippen LogP contribution is -2.46. The van der Waals surface area contributed by atoms with Crippen molar-refractivity contribution >= 4 is 15.9 Å². The molecule has 9 heteroatoms. The average Bonchev–Trinajstić information content (AvgIpc) is 3.51. The first-order valence-electron chi connectivity index (χ1n) is 14.6. The number of amides is 1. The van der Waals surface area contributed by atoms with E-state index >= 15 is 0 Å². The number of rotatable bonds is 14. The summed E-state index contributed by atoms with van der Waals surface area (Å²) in [7, 11) is -2.37. The van der Waals surface area contributed by atoms with Gasteiger partial charge in [0.05, 0.1) is 24.5 Å². The molecule has 0 saturated heterocycles. The fraction of sp³-hybridized carbons (Fsp3) is 0.424. The summed E-state index contributed by atoms with van der Waals surface area (Å²) >= 11 is 0. The third-order valence-corrected chi connectivity index (χ3v) is 9.95. The van der Waals surface area contributed by atoms with Crippen LogP contribution < -0.4 is 4.74 Å². The molecule has 0 unspecified atom stereocenters. The number of nitrogens with zero attached hydrogens (tertiary/aromatic N) is 2. The summed E-state index contributed by atoms with van der Waals surface area (Å²) in [5.41, 5.74) is 2.41. The normalized spacial score (nSPS) is 14.7. The van der Waals surface area contributed by atoms with Gasteiger partial charge in [0.1, 0.15) is 11.5 Å². The Balaban J connectivity index is 1.53. The van der Waals surface area contributed by atoms with Gasteiger partial charge in [0.15, 0.2) is 0 Å². The lowest BCUT2D eigenvalue weighted by molar-refractivity contribution is -0.132. The molecule has 1 saturated carbocycles. The van der Waals surface area contributed by atoms with Gasteiger partial charge in [0.2, 0.25) is 15.9 Å². The van der Waals surface area contributed by atoms with E-state index < -0.39 is 16.1 Å². The Hall–Kier alpha value is -3.40. The first-order chi connectivity index (χ1) is 20.2. The van der Waals surface area contributed by atoms with Gasteiger partial charge < -0.3 is 19.8 Å². The second kappa shape index (κ2) is 14.7. The Bertz CT molecular complexity index is 1410. The van der Waals surface area contributed by atoms with Crippen LogP contribution in [-0.2, 0) is 27.7 Å². The summed E-state index contributed by atoms with van der Waals surface area (Å²) in [6.07, 6.45) is 3.61. The third-order valence-electron chi connectivity index (χ3n) is 8.10. The summed E-state index contributed by atoms with van der Waals surface area (Å²) in [6.45, 7) is 2.33. The van der Waals surface area contributed by atoms with Crippen LogP contribution in [0, 0.1) is 12.8 Å². The lowest BCUT2D eigenvalue weighted by atomic mass is 10.0. The van der Waals surface area contributed by atoms with Crippen molar-refractivity contribution in [3.8, 4) is 11.5 Å². The number of hydrogen-bond acceptors (Lipinski definition) is 6. The van der Waals surface area contributed by atoms with Crippen molar-refractivity contribution in [1.82, 2.24) is 9.21 Å². The molecule has 0 bridgehead atoms. The molecule has 2 N–H and O–H groups in total. The third kappa shape index (κ3) is 8.33.